The van der Waals surface area contributed by atoms with Gasteiger partial charge < -0.3 is 14.7 Å². The van der Waals surface area contributed by atoms with Gasteiger partial charge in [-0.1, -0.05) is 41.9 Å². The Morgan fingerprint density at radius 3 is 2.48 bits per heavy atom. The molecule has 0 spiro atoms. The quantitative estimate of drug-likeness (QED) is 0.766. The van der Waals surface area contributed by atoms with Crippen LogP contribution in [0.4, 0.5) is 5.69 Å². The molecule has 0 fully saturated rings. The summed E-state index contributed by atoms with van der Waals surface area (Å²) in [6.45, 7) is 0. The van der Waals surface area contributed by atoms with Gasteiger partial charge in [-0.05, 0) is 42.7 Å². The molecule has 1 heterocycles. The number of nitrogens with zero attached hydrogens (tertiary/aromatic N) is 1. The van der Waals surface area contributed by atoms with E-state index in [2.05, 4.69) is 0 Å². The van der Waals surface area contributed by atoms with Crippen molar-refractivity contribution in [1.82, 2.24) is 0 Å². The maximum absolute atomic E-state index is 13.0. The van der Waals surface area contributed by atoms with Crippen molar-refractivity contribution in [2.75, 3.05) is 12.0 Å². The van der Waals surface area contributed by atoms with Crippen molar-refractivity contribution in [3.8, 4) is 0 Å². The number of para-hydroxylation sites is 1. The van der Waals surface area contributed by atoms with Crippen molar-refractivity contribution in [3.63, 3.8) is 0 Å². The summed E-state index contributed by atoms with van der Waals surface area (Å²) in [4.78, 5) is 27.4. The van der Waals surface area contributed by atoms with E-state index >= 15 is 0 Å². The standard InChI is InChI=1S/C23H22ClNO4/c1-29-22(27)23(28)14-18(15-10-12-16(24)13-11-15)21-19(8-5-9-20(21)26)25(23)17-6-3-2-4-7-17/h2-4,6-7,10-13,18,28H,5,8-9,14H2,1H3/t18-,23-/m0/s1. The molecule has 0 saturated carbocycles. The van der Waals surface area contributed by atoms with Gasteiger partial charge in [-0.3, -0.25) is 4.79 Å². The first kappa shape index (κ1) is 19.7. The van der Waals surface area contributed by atoms with Crippen LogP contribution in [-0.4, -0.2) is 29.7 Å². The van der Waals surface area contributed by atoms with Gasteiger partial charge in [0, 0.05) is 40.7 Å². The number of anilines is 1. The van der Waals surface area contributed by atoms with Gasteiger partial charge in [0.2, 0.25) is 5.72 Å². The molecule has 0 saturated heterocycles. The number of ketones is 1. The summed E-state index contributed by atoms with van der Waals surface area (Å²) in [7, 11) is 1.26. The molecule has 0 bridgehead atoms. The third-order valence-electron chi connectivity index (χ3n) is 5.70. The number of aliphatic hydroxyl groups is 1. The van der Waals surface area contributed by atoms with E-state index in [1.165, 1.54) is 7.11 Å². The third kappa shape index (κ3) is 3.34. The molecule has 2 aliphatic rings. The lowest BCUT2D eigenvalue weighted by Crippen LogP contribution is -2.59. The minimum absolute atomic E-state index is 0.0147. The van der Waals surface area contributed by atoms with E-state index in [1.807, 2.05) is 42.5 Å². The fourth-order valence-electron chi connectivity index (χ4n) is 4.44. The van der Waals surface area contributed by atoms with E-state index in [4.69, 9.17) is 16.3 Å². The molecule has 1 aliphatic heterocycles. The van der Waals surface area contributed by atoms with Crippen LogP contribution < -0.4 is 4.90 Å². The lowest BCUT2D eigenvalue weighted by atomic mass is 9.73. The minimum Gasteiger partial charge on any atom is -0.465 e. The number of benzene rings is 2. The van der Waals surface area contributed by atoms with Crippen LogP contribution in [0.15, 0.2) is 65.9 Å². The number of hydrogen-bond acceptors (Lipinski definition) is 5. The summed E-state index contributed by atoms with van der Waals surface area (Å²) >= 11 is 6.04. The number of halogens is 1. The minimum atomic E-state index is -1.92. The Labute approximate surface area is 174 Å². The highest BCUT2D eigenvalue weighted by atomic mass is 35.5. The van der Waals surface area contributed by atoms with Gasteiger partial charge in [0.15, 0.2) is 5.78 Å². The van der Waals surface area contributed by atoms with Crippen molar-refractivity contribution in [3.05, 3.63) is 76.5 Å². The average Bonchev–Trinajstić information content (AvgIpc) is 2.74. The monoisotopic (exact) mass is 411 g/mol. The van der Waals surface area contributed by atoms with Crippen LogP contribution >= 0.6 is 11.6 Å². The van der Waals surface area contributed by atoms with Crippen LogP contribution in [0.5, 0.6) is 0 Å². The fourth-order valence-corrected chi connectivity index (χ4v) is 4.57. The van der Waals surface area contributed by atoms with Crippen LogP contribution in [-0.2, 0) is 14.3 Å². The zero-order chi connectivity index (χ0) is 20.6. The van der Waals surface area contributed by atoms with Gasteiger partial charge in [0.25, 0.3) is 0 Å². The average molecular weight is 412 g/mol. The molecule has 1 N–H and O–H groups in total. The molecule has 150 valence electrons. The molecular formula is C23H22ClNO4. The highest BCUT2D eigenvalue weighted by Crippen LogP contribution is 2.48. The van der Waals surface area contributed by atoms with Crippen molar-refractivity contribution in [2.24, 2.45) is 0 Å². The fraction of sp³-hybridized carbons (Fsp3) is 0.304. The molecule has 1 aliphatic carbocycles. The van der Waals surface area contributed by atoms with Crippen LogP contribution in [0.3, 0.4) is 0 Å². The Hall–Kier alpha value is -2.63. The van der Waals surface area contributed by atoms with E-state index in [0.29, 0.717) is 41.2 Å². The summed E-state index contributed by atoms with van der Waals surface area (Å²) in [5.41, 5.74) is 0.920. The van der Waals surface area contributed by atoms with Gasteiger partial charge in [0.1, 0.15) is 0 Å². The van der Waals surface area contributed by atoms with Crippen LogP contribution in [0.2, 0.25) is 5.02 Å². The topological polar surface area (TPSA) is 66.8 Å². The zero-order valence-corrected chi connectivity index (χ0v) is 16.9. The summed E-state index contributed by atoms with van der Waals surface area (Å²) in [5.74, 6) is -1.11. The number of esters is 1. The number of carbonyl (C=O) groups excluding carboxylic acids is 2. The maximum Gasteiger partial charge on any atom is 0.359 e. The Morgan fingerprint density at radius 2 is 1.83 bits per heavy atom. The summed E-state index contributed by atoms with van der Waals surface area (Å²) in [5, 5.41) is 12.2. The van der Waals surface area contributed by atoms with E-state index in [0.717, 1.165) is 5.56 Å². The number of allylic oxidation sites excluding steroid dienone is 2. The molecule has 0 unspecified atom stereocenters. The first-order valence-corrected chi connectivity index (χ1v) is 10.0. The lowest BCUT2D eigenvalue weighted by Gasteiger charge is -2.48. The molecule has 2 aromatic carbocycles. The third-order valence-corrected chi connectivity index (χ3v) is 5.96. The Balaban J connectivity index is 1.95. The summed E-state index contributed by atoms with van der Waals surface area (Å²) in [6, 6.07) is 16.4. The van der Waals surface area contributed by atoms with Crippen LogP contribution in [0.1, 0.15) is 37.2 Å². The number of hydrogen-bond donors (Lipinski definition) is 1. The first-order chi connectivity index (χ1) is 14.0. The molecule has 4 rings (SSSR count). The normalized spacial score (nSPS) is 24.3. The van der Waals surface area contributed by atoms with Gasteiger partial charge in [0.05, 0.1) is 7.11 Å². The van der Waals surface area contributed by atoms with E-state index in [-0.39, 0.29) is 12.2 Å². The van der Waals surface area contributed by atoms with Crippen molar-refractivity contribution in [2.45, 2.75) is 37.3 Å². The molecule has 0 aromatic heterocycles. The zero-order valence-electron chi connectivity index (χ0n) is 16.1. The molecular weight excluding hydrogens is 390 g/mol. The number of ether oxygens (including phenoxy) is 1. The predicted octanol–water partition coefficient (Wildman–Crippen LogP) is 4.20. The number of methoxy groups -OCH3 is 1. The largest absolute Gasteiger partial charge is 0.465 e. The van der Waals surface area contributed by atoms with Crippen molar-refractivity contribution < 1.29 is 19.4 Å². The first-order valence-electron chi connectivity index (χ1n) is 9.63. The second-order valence-corrected chi connectivity index (χ2v) is 7.86. The molecule has 6 heteroatoms. The van der Waals surface area contributed by atoms with Gasteiger partial charge in [-0.2, -0.15) is 0 Å². The van der Waals surface area contributed by atoms with E-state index in [9.17, 15) is 14.7 Å². The SMILES string of the molecule is COC(=O)[C@@]1(O)C[C@@H](c2ccc(Cl)cc2)C2=C(CCCC2=O)N1c1ccccc1. The molecule has 2 aromatic rings. The Bertz CT molecular complexity index is 970. The van der Waals surface area contributed by atoms with Gasteiger partial charge in [-0.15, -0.1) is 0 Å². The van der Waals surface area contributed by atoms with Crippen molar-refractivity contribution >= 4 is 29.0 Å². The molecule has 0 radical (unpaired) electrons. The number of rotatable bonds is 3. The summed E-state index contributed by atoms with van der Waals surface area (Å²) < 4.78 is 5.00. The molecule has 0 amide bonds. The second kappa shape index (κ2) is 7.65. The van der Waals surface area contributed by atoms with Crippen LogP contribution in [0.25, 0.3) is 0 Å². The highest BCUT2D eigenvalue weighted by molar-refractivity contribution is 6.30. The highest BCUT2D eigenvalue weighted by Gasteiger charge is 2.53. The van der Waals surface area contributed by atoms with Gasteiger partial charge in [-0.25, -0.2) is 4.79 Å². The lowest BCUT2D eigenvalue weighted by molar-refractivity contribution is -0.163. The van der Waals surface area contributed by atoms with E-state index in [1.54, 1.807) is 17.0 Å². The molecule has 2 atom stereocenters. The number of carbonyl (C=O) groups is 2. The summed E-state index contributed by atoms with van der Waals surface area (Å²) in [6.07, 6.45) is 1.74. The number of Topliss-reactive ketones (excluding diaryl/α,β-unsaturated/α-hetero) is 1. The van der Waals surface area contributed by atoms with Gasteiger partial charge >= 0.3 is 5.97 Å². The van der Waals surface area contributed by atoms with Crippen LogP contribution in [0, 0.1) is 0 Å². The Morgan fingerprint density at radius 1 is 1.14 bits per heavy atom. The second-order valence-electron chi connectivity index (χ2n) is 7.42. The molecule has 5 nitrogen and oxygen atoms in total. The Kier molecular flexibility index (Phi) is 5.19. The molecule has 29 heavy (non-hydrogen) atoms. The van der Waals surface area contributed by atoms with E-state index < -0.39 is 17.6 Å². The van der Waals surface area contributed by atoms with Crippen molar-refractivity contribution in [1.29, 1.82) is 0 Å². The maximum atomic E-state index is 13.0. The smallest absolute Gasteiger partial charge is 0.359 e. The predicted molar refractivity (Wildman–Crippen MR) is 111 cm³/mol.